The number of nitrogens with two attached hydrogens (primary N) is 1. The highest BCUT2D eigenvalue weighted by Crippen LogP contribution is 2.28. The Balaban J connectivity index is 2.01. The first kappa shape index (κ1) is 13.6. The summed E-state index contributed by atoms with van der Waals surface area (Å²) in [5.74, 6) is 0.749. The van der Waals surface area contributed by atoms with Gasteiger partial charge in [0.2, 0.25) is 0 Å². The first-order valence-corrected chi connectivity index (χ1v) is 7.40. The van der Waals surface area contributed by atoms with E-state index in [1.165, 1.54) is 55.2 Å². The van der Waals surface area contributed by atoms with Crippen LogP contribution in [0.15, 0.2) is 12.1 Å². The predicted octanol–water partition coefficient (Wildman–Crippen LogP) is 4.06. The van der Waals surface area contributed by atoms with Crippen LogP contribution in [0.25, 0.3) is 0 Å². The Bertz CT molecular complexity index is 385. The van der Waals surface area contributed by atoms with Gasteiger partial charge < -0.3 is 5.73 Å². The van der Waals surface area contributed by atoms with Gasteiger partial charge in [-0.05, 0) is 69.1 Å². The van der Waals surface area contributed by atoms with Crippen LogP contribution in [-0.2, 0) is 6.42 Å². The Hall–Kier alpha value is -0.820. The molecule has 100 valence electrons. The first-order valence-electron chi connectivity index (χ1n) is 7.40. The number of hydrogen-bond acceptors (Lipinski definition) is 1. The molecular weight excluding hydrogens is 218 g/mol. The van der Waals surface area contributed by atoms with Crippen LogP contribution < -0.4 is 5.73 Å². The molecule has 0 bridgehead atoms. The largest absolute Gasteiger partial charge is 0.327 e. The van der Waals surface area contributed by atoms with E-state index in [1.807, 2.05) is 0 Å². The molecule has 18 heavy (non-hydrogen) atoms. The van der Waals surface area contributed by atoms with Gasteiger partial charge in [-0.1, -0.05) is 30.5 Å². The van der Waals surface area contributed by atoms with Crippen molar-refractivity contribution in [3.63, 3.8) is 0 Å². The smallest absolute Gasteiger partial charge is 0.00672 e. The summed E-state index contributed by atoms with van der Waals surface area (Å²) in [5.41, 5.74) is 12.1. The van der Waals surface area contributed by atoms with E-state index in [4.69, 9.17) is 5.73 Å². The van der Waals surface area contributed by atoms with E-state index in [0.29, 0.717) is 6.04 Å². The maximum Gasteiger partial charge on any atom is 0.00672 e. The molecule has 1 aromatic rings. The topological polar surface area (TPSA) is 26.0 Å². The molecule has 0 amide bonds. The van der Waals surface area contributed by atoms with Crippen molar-refractivity contribution in [3.8, 4) is 0 Å². The summed E-state index contributed by atoms with van der Waals surface area (Å²) in [7, 11) is 0. The molecule has 0 heterocycles. The fourth-order valence-electron chi connectivity index (χ4n) is 3.53. The third-order valence-corrected chi connectivity index (χ3v) is 4.57. The van der Waals surface area contributed by atoms with Crippen molar-refractivity contribution in [1.29, 1.82) is 0 Å². The molecule has 2 atom stereocenters. The van der Waals surface area contributed by atoms with E-state index in [9.17, 15) is 0 Å². The van der Waals surface area contributed by atoms with Crippen LogP contribution in [0, 0.1) is 26.7 Å². The van der Waals surface area contributed by atoms with Crippen LogP contribution in [0.1, 0.15) is 54.4 Å². The Morgan fingerprint density at radius 2 is 1.67 bits per heavy atom. The van der Waals surface area contributed by atoms with Gasteiger partial charge in [0, 0.05) is 6.04 Å². The van der Waals surface area contributed by atoms with Crippen LogP contribution in [0.5, 0.6) is 0 Å². The highest BCUT2D eigenvalue weighted by Gasteiger charge is 2.21. The van der Waals surface area contributed by atoms with E-state index >= 15 is 0 Å². The minimum Gasteiger partial charge on any atom is -0.327 e. The van der Waals surface area contributed by atoms with E-state index in [2.05, 4.69) is 32.9 Å². The summed E-state index contributed by atoms with van der Waals surface area (Å²) in [6.07, 6.45) is 7.76. The molecule has 1 fully saturated rings. The summed E-state index contributed by atoms with van der Waals surface area (Å²) in [6.45, 7) is 6.67. The first-order chi connectivity index (χ1) is 8.58. The normalized spacial score (nSPS) is 24.2. The summed E-state index contributed by atoms with van der Waals surface area (Å²) < 4.78 is 0. The molecule has 0 spiro atoms. The molecule has 1 aliphatic rings. The van der Waals surface area contributed by atoms with Crippen LogP contribution in [0.3, 0.4) is 0 Å². The number of rotatable bonds is 3. The SMILES string of the molecule is Cc1cc(C)c(CCC2CCCCC2N)c(C)c1. The number of aryl methyl sites for hydroxylation is 3. The lowest BCUT2D eigenvalue weighted by molar-refractivity contribution is 0.292. The van der Waals surface area contributed by atoms with Crippen molar-refractivity contribution in [2.24, 2.45) is 11.7 Å². The molecule has 1 saturated carbocycles. The fourth-order valence-corrected chi connectivity index (χ4v) is 3.53. The minimum atomic E-state index is 0.449. The maximum absolute atomic E-state index is 6.24. The molecule has 1 aliphatic carbocycles. The Labute approximate surface area is 112 Å². The van der Waals surface area contributed by atoms with E-state index in [1.54, 1.807) is 5.56 Å². The lowest BCUT2D eigenvalue weighted by atomic mass is 9.81. The molecule has 1 heteroatoms. The van der Waals surface area contributed by atoms with E-state index in [-0.39, 0.29) is 0 Å². The van der Waals surface area contributed by atoms with Crippen molar-refractivity contribution in [2.45, 2.75) is 65.3 Å². The van der Waals surface area contributed by atoms with Crippen LogP contribution in [-0.4, -0.2) is 6.04 Å². The summed E-state index contributed by atoms with van der Waals surface area (Å²) in [6, 6.07) is 5.07. The summed E-state index contributed by atoms with van der Waals surface area (Å²) >= 11 is 0. The second-order valence-corrected chi connectivity index (χ2v) is 6.12. The van der Waals surface area contributed by atoms with Crippen molar-refractivity contribution in [2.75, 3.05) is 0 Å². The third kappa shape index (κ3) is 3.14. The summed E-state index contributed by atoms with van der Waals surface area (Å²) in [5, 5.41) is 0. The van der Waals surface area contributed by atoms with Crippen molar-refractivity contribution < 1.29 is 0 Å². The van der Waals surface area contributed by atoms with Gasteiger partial charge >= 0.3 is 0 Å². The Kier molecular flexibility index (Phi) is 4.45. The molecule has 2 unspecified atom stereocenters. The van der Waals surface area contributed by atoms with Crippen molar-refractivity contribution in [3.05, 3.63) is 34.4 Å². The molecule has 0 radical (unpaired) electrons. The monoisotopic (exact) mass is 245 g/mol. The Morgan fingerprint density at radius 3 is 2.28 bits per heavy atom. The summed E-state index contributed by atoms with van der Waals surface area (Å²) in [4.78, 5) is 0. The zero-order valence-corrected chi connectivity index (χ0v) is 12.1. The number of hydrogen-bond donors (Lipinski definition) is 1. The molecule has 2 rings (SSSR count). The van der Waals surface area contributed by atoms with Crippen LogP contribution in [0.4, 0.5) is 0 Å². The maximum atomic E-state index is 6.24. The molecular formula is C17H27N. The Morgan fingerprint density at radius 1 is 1.06 bits per heavy atom. The molecule has 0 saturated heterocycles. The molecule has 2 N–H and O–H groups in total. The van der Waals surface area contributed by atoms with Crippen molar-refractivity contribution >= 4 is 0 Å². The van der Waals surface area contributed by atoms with Crippen LogP contribution in [0.2, 0.25) is 0 Å². The average molecular weight is 245 g/mol. The average Bonchev–Trinajstić information content (AvgIpc) is 2.30. The van der Waals surface area contributed by atoms with Gasteiger partial charge in [-0.15, -0.1) is 0 Å². The van der Waals surface area contributed by atoms with Gasteiger partial charge in [0.25, 0.3) is 0 Å². The predicted molar refractivity (Wildman–Crippen MR) is 78.9 cm³/mol. The molecule has 1 aromatic carbocycles. The van der Waals surface area contributed by atoms with Gasteiger partial charge in [0.1, 0.15) is 0 Å². The van der Waals surface area contributed by atoms with E-state index in [0.717, 1.165) is 5.92 Å². The van der Waals surface area contributed by atoms with Crippen molar-refractivity contribution in [1.82, 2.24) is 0 Å². The number of benzene rings is 1. The van der Waals surface area contributed by atoms with Gasteiger partial charge in [-0.3, -0.25) is 0 Å². The van der Waals surface area contributed by atoms with Crippen LogP contribution >= 0.6 is 0 Å². The van der Waals surface area contributed by atoms with Gasteiger partial charge in [-0.2, -0.15) is 0 Å². The second kappa shape index (κ2) is 5.88. The minimum absolute atomic E-state index is 0.449. The van der Waals surface area contributed by atoms with E-state index < -0.39 is 0 Å². The zero-order chi connectivity index (χ0) is 13.1. The third-order valence-electron chi connectivity index (χ3n) is 4.57. The highest BCUT2D eigenvalue weighted by molar-refractivity contribution is 5.37. The fraction of sp³-hybridized carbons (Fsp3) is 0.647. The lowest BCUT2D eigenvalue weighted by Crippen LogP contribution is -2.33. The lowest BCUT2D eigenvalue weighted by Gasteiger charge is -2.29. The second-order valence-electron chi connectivity index (χ2n) is 6.12. The zero-order valence-electron chi connectivity index (χ0n) is 12.1. The highest BCUT2D eigenvalue weighted by atomic mass is 14.7. The van der Waals surface area contributed by atoms with Gasteiger partial charge in [0.05, 0.1) is 0 Å². The van der Waals surface area contributed by atoms with Gasteiger partial charge in [-0.25, -0.2) is 0 Å². The molecule has 1 nitrogen and oxygen atoms in total. The molecule has 0 aliphatic heterocycles. The van der Waals surface area contributed by atoms with Gasteiger partial charge in [0.15, 0.2) is 0 Å². The quantitative estimate of drug-likeness (QED) is 0.853. The molecule has 0 aromatic heterocycles. The standard InChI is InChI=1S/C17H27N/c1-12-10-13(2)16(14(3)11-12)9-8-15-6-4-5-7-17(15)18/h10-11,15,17H,4-9,18H2,1-3H3.